The number of hydrogen-bond acceptors (Lipinski definition) is 5. The van der Waals surface area contributed by atoms with Crippen LogP contribution in [0, 0.1) is 0 Å². The lowest BCUT2D eigenvalue weighted by Crippen LogP contribution is -2.19. The topological polar surface area (TPSA) is 83.6 Å². The molecule has 6 heteroatoms. The molecule has 2 N–H and O–H groups in total. The molecule has 1 unspecified atom stereocenters. The van der Waals surface area contributed by atoms with Crippen LogP contribution >= 0.6 is 0 Å². The summed E-state index contributed by atoms with van der Waals surface area (Å²) >= 11 is 0. The highest BCUT2D eigenvalue weighted by Crippen LogP contribution is 2.15. The summed E-state index contributed by atoms with van der Waals surface area (Å²) in [6.07, 6.45) is 5.06. The fraction of sp³-hybridized carbons (Fsp3) is 0.455. The van der Waals surface area contributed by atoms with E-state index in [1.165, 1.54) is 12.5 Å². The van der Waals surface area contributed by atoms with E-state index in [4.69, 9.17) is 0 Å². The van der Waals surface area contributed by atoms with Gasteiger partial charge in [0.1, 0.15) is 23.0 Å². The van der Waals surface area contributed by atoms with Gasteiger partial charge in [-0.15, -0.1) is 0 Å². The fourth-order valence-corrected chi connectivity index (χ4v) is 1.78. The largest absolute Gasteiger partial charge is 0.367 e. The smallest absolute Gasteiger partial charge is 0.277 e. The molecule has 0 bridgehead atoms. The molecule has 0 aliphatic carbocycles. The van der Waals surface area contributed by atoms with Crippen molar-refractivity contribution in [1.82, 2.24) is 20.2 Å². The molecule has 2 aromatic rings. The summed E-state index contributed by atoms with van der Waals surface area (Å²) in [6, 6.07) is 0.269. The molecule has 2 aromatic heterocycles. The Hall–Kier alpha value is -1.98. The lowest BCUT2D eigenvalue weighted by Gasteiger charge is -2.13. The maximum Gasteiger partial charge on any atom is 0.277 e. The normalized spacial score (nSPS) is 12.6. The van der Waals surface area contributed by atoms with E-state index in [-0.39, 0.29) is 11.6 Å². The van der Waals surface area contributed by atoms with Gasteiger partial charge in [0.05, 0.1) is 6.20 Å². The molecule has 2 heterocycles. The minimum atomic E-state index is -0.269. The van der Waals surface area contributed by atoms with E-state index in [2.05, 4.69) is 39.3 Å². The Balaban J connectivity index is 2.44. The molecule has 0 spiro atoms. The standard InChI is InChI=1S/C11H15N5O/c1-3-4-7(2)15-10-9-8(12-6-13-10)5-14-16-11(9)17/h5-7H,3-4H2,1-2H3,(H,16,17)(H,12,13,15). The second-order valence-electron chi connectivity index (χ2n) is 4.02. The third-order valence-corrected chi connectivity index (χ3v) is 2.56. The average Bonchev–Trinajstić information content (AvgIpc) is 2.29. The van der Waals surface area contributed by atoms with Crippen molar-refractivity contribution < 1.29 is 0 Å². The highest BCUT2D eigenvalue weighted by atomic mass is 16.1. The summed E-state index contributed by atoms with van der Waals surface area (Å²) in [4.78, 5) is 19.8. The van der Waals surface area contributed by atoms with Gasteiger partial charge in [0, 0.05) is 6.04 Å². The minimum Gasteiger partial charge on any atom is -0.367 e. The Bertz CT molecular complexity index is 560. The maximum atomic E-state index is 11.7. The summed E-state index contributed by atoms with van der Waals surface area (Å²) in [6.45, 7) is 4.18. The molecule has 0 saturated heterocycles. The summed E-state index contributed by atoms with van der Waals surface area (Å²) in [5.74, 6) is 0.569. The van der Waals surface area contributed by atoms with Crippen LogP contribution in [-0.2, 0) is 0 Å². The zero-order valence-electron chi connectivity index (χ0n) is 9.90. The van der Waals surface area contributed by atoms with E-state index < -0.39 is 0 Å². The van der Waals surface area contributed by atoms with Crippen molar-refractivity contribution >= 4 is 16.7 Å². The lowest BCUT2D eigenvalue weighted by molar-refractivity contribution is 0.688. The van der Waals surface area contributed by atoms with Crippen molar-refractivity contribution in [3.8, 4) is 0 Å². The molecule has 6 nitrogen and oxygen atoms in total. The molecule has 0 saturated carbocycles. The van der Waals surface area contributed by atoms with Crippen LogP contribution in [0.15, 0.2) is 17.3 Å². The maximum absolute atomic E-state index is 11.7. The SMILES string of the molecule is CCCC(C)Nc1ncnc2cn[nH]c(=O)c12. The van der Waals surface area contributed by atoms with E-state index in [9.17, 15) is 4.79 Å². The molecule has 0 amide bonds. The first-order valence-corrected chi connectivity index (χ1v) is 5.67. The number of aromatic nitrogens is 4. The lowest BCUT2D eigenvalue weighted by atomic mass is 10.2. The van der Waals surface area contributed by atoms with E-state index in [0.29, 0.717) is 16.7 Å². The Labute approximate surface area is 98.5 Å². The fourth-order valence-electron chi connectivity index (χ4n) is 1.78. The van der Waals surface area contributed by atoms with Gasteiger partial charge in [-0.25, -0.2) is 15.1 Å². The van der Waals surface area contributed by atoms with Gasteiger partial charge in [0.15, 0.2) is 0 Å². The van der Waals surface area contributed by atoms with Gasteiger partial charge in [0.25, 0.3) is 5.56 Å². The van der Waals surface area contributed by atoms with Crippen molar-refractivity contribution in [3.63, 3.8) is 0 Å². The van der Waals surface area contributed by atoms with Crippen molar-refractivity contribution in [2.45, 2.75) is 32.7 Å². The minimum absolute atomic E-state index is 0.269. The average molecular weight is 233 g/mol. The molecule has 0 aliphatic heterocycles. The van der Waals surface area contributed by atoms with Gasteiger partial charge >= 0.3 is 0 Å². The molecule has 0 fully saturated rings. The van der Waals surface area contributed by atoms with Gasteiger partial charge in [-0.1, -0.05) is 13.3 Å². The van der Waals surface area contributed by atoms with Crippen molar-refractivity contribution in [3.05, 3.63) is 22.9 Å². The molecule has 90 valence electrons. The zero-order valence-corrected chi connectivity index (χ0v) is 9.90. The predicted molar refractivity (Wildman–Crippen MR) is 65.9 cm³/mol. The number of fused-ring (bicyclic) bond motifs is 1. The number of aromatic amines is 1. The van der Waals surface area contributed by atoms with Crippen molar-refractivity contribution in [1.29, 1.82) is 0 Å². The van der Waals surface area contributed by atoms with Crippen LogP contribution in [-0.4, -0.2) is 26.2 Å². The first kappa shape index (κ1) is 11.5. The third-order valence-electron chi connectivity index (χ3n) is 2.56. The van der Waals surface area contributed by atoms with E-state index in [0.717, 1.165) is 12.8 Å². The number of hydrogen-bond donors (Lipinski definition) is 2. The highest BCUT2D eigenvalue weighted by Gasteiger charge is 2.09. The molecule has 17 heavy (non-hydrogen) atoms. The Morgan fingerprint density at radius 3 is 3.06 bits per heavy atom. The summed E-state index contributed by atoms with van der Waals surface area (Å²) in [7, 11) is 0. The van der Waals surface area contributed by atoms with Crippen LogP contribution in [0.25, 0.3) is 10.9 Å². The van der Waals surface area contributed by atoms with Crippen LogP contribution < -0.4 is 10.9 Å². The van der Waals surface area contributed by atoms with Crippen molar-refractivity contribution in [2.75, 3.05) is 5.32 Å². The first-order chi connectivity index (χ1) is 8.22. The summed E-state index contributed by atoms with van der Waals surface area (Å²) in [5, 5.41) is 9.80. The molecule has 0 radical (unpaired) electrons. The summed E-state index contributed by atoms with van der Waals surface area (Å²) < 4.78 is 0. The van der Waals surface area contributed by atoms with Crippen LogP contribution in [0.5, 0.6) is 0 Å². The van der Waals surface area contributed by atoms with Crippen molar-refractivity contribution in [2.24, 2.45) is 0 Å². The predicted octanol–water partition coefficient (Wildman–Crippen LogP) is 1.31. The van der Waals surface area contributed by atoms with Gasteiger partial charge < -0.3 is 5.32 Å². The van der Waals surface area contributed by atoms with Gasteiger partial charge in [0.2, 0.25) is 0 Å². The number of H-pyrrole nitrogens is 1. The van der Waals surface area contributed by atoms with Gasteiger partial charge in [-0.05, 0) is 13.3 Å². The monoisotopic (exact) mass is 233 g/mol. The number of rotatable bonds is 4. The molecule has 0 aromatic carbocycles. The Morgan fingerprint density at radius 2 is 2.29 bits per heavy atom. The number of anilines is 1. The second kappa shape index (κ2) is 4.90. The van der Waals surface area contributed by atoms with Crippen LogP contribution in [0.3, 0.4) is 0 Å². The molecule has 0 aliphatic rings. The quantitative estimate of drug-likeness (QED) is 0.832. The molecule has 2 rings (SSSR count). The number of nitrogens with one attached hydrogen (secondary N) is 2. The van der Waals surface area contributed by atoms with Crippen LogP contribution in [0.1, 0.15) is 26.7 Å². The van der Waals surface area contributed by atoms with Gasteiger partial charge in [-0.2, -0.15) is 5.10 Å². The van der Waals surface area contributed by atoms with E-state index >= 15 is 0 Å². The van der Waals surface area contributed by atoms with E-state index in [1.54, 1.807) is 0 Å². The summed E-state index contributed by atoms with van der Waals surface area (Å²) in [5.41, 5.74) is 0.282. The highest BCUT2D eigenvalue weighted by molar-refractivity contribution is 5.87. The molecular formula is C11H15N5O. The Kier molecular flexibility index (Phi) is 3.32. The molecule has 1 atom stereocenters. The van der Waals surface area contributed by atoms with Crippen LogP contribution in [0.2, 0.25) is 0 Å². The number of nitrogens with zero attached hydrogens (tertiary/aromatic N) is 3. The zero-order chi connectivity index (χ0) is 12.3. The van der Waals surface area contributed by atoms with Crippen LogP contribution in [0.4, 0.5) is 5.82 Å². The molecular weight excluding hydrogens is 218 g/mol. The second-order valence-corrected chi connectivity index (χ2v) is 4.02. The Morgan fingerprint density at radius 1 is 1.47 bits per heavy atom. The van der Waals surface area contributed by atoms with E-state index in [1.807, 2.05) is 0 Å². The third kappa shape index (κ3) is 2.41. The first-order valence-electron chi connectivity index (χ1n) is 5.67. The van der Waals surface area contributed by atoms with Gasteiger partial charge in [-0.3, -0.25) is 4.79 Å².